The molecule has 1 saturated heterocycles. The molecule has 172 valence electrons. The SMILES string of the molecule is COc1ccc(Cl)cc1NC(=O)CSc1nc(=O)n(N2CCN(C)CC2)c2c1CCCC2. The van der Waals surface area contributed by atoms with Crippen LogP contribution in [0, 0.1) is 0 Å². The summed E-state index contributed by atoms with van der Waals surface area (Å²) in [6.45, 7) is 3.46. The molecule has 0 bridgehead atoms. The number of amides is 1. The third kappa shape index (κ3) is 5.05. The van der Waals surface area contributed by atoms with E-state index in [1.54, 1.807) is 30.0 Å². The van der Waals surface area contributed by atoms with Crippen LogP contribution in [0.3, 0.4) is 0 Å². The number of nitrogens with zero attached hydrogens (tertiary/aromatic N) is 4. The number of hydrogen-bond acceptors (Lipinski definition) is 7. The van der Waals surface area contributed by atoms with Crippen LogP contribution < -0.4 is 20.8 Å². The number of thioether (sulfide) groups is 1. The number of aromatic nitrogens is 2. The second-order valence-corrected chi connectivity index (χ2v) is 9.48. The van der Waals surface area contributed by atoms with Gasteiger partial charge in [-0.05, 0) is 50.9 Å². The first-order valence-corrected chi connectivity index (χ1v) is 12.2. The van der Waals surface area contributed by atoms with E-state index in [0.717, 1.165) is 63.1 Å². The molecule has 0 unspecified atom stereocenters. The molecule has 0 radical (unpaired) electrons. The Morgan fingerprint density at radius 1 is 1.22 bits per heavy atom. The summed E-state index contributed by atoms with van der Waals surface area (Å²) in [6.07, 6.45) is 3.86. The third-order valence-electron chi connectivity index (χ3n) is 5.87. The van der Waals surface area contributed by atoms with Gasteiger partial charge in [-0.15, -0.1) is 0 Å². The smallest absolute Gasteiger partial charge is 0.367 e. The van der Waals surface area contributed by atoms with E-state index in [1.165, 1.54) is 11.8 Å². The lowest BCUT2D eigenvalue weighted by molar-refractivity contribution is -0.113. The zero-order valence-corrected chi connectivity index (χ0v) is 20.0. The number of methoxy groups -OCH3 is 1. The molecule has 0 spiro atoms. The summed E-state index contributed by atoms with van der Waals surface area (Å²) in [6, 6.07) is 5.07. The number of anilines is 1. The molecule has 2 aliphatic rings. The Morgan fingerprint density at radius 3 is 2.72 bits per heavy atom. The van der Waals surface area contributed by atoms with Crippen LogP contribution in [0.5, 0.6) is 5.75 Å². The highest BCUT2D eigenvalue weighted by Crippen LogP contribution is 2.30. The van der Waals surface area contributed by atoms with Crippen molar-refractivity contribution in [3.05, 3.63) is 45.0 Å². The lowest BCUT2D eigenvalue weighted by Gasteiger charge is -2.37. The van der Waals surface area contributed by atoms with Gasteiger partial charge in [-0.3, -0.25) is 4.79 Å². The summed E-state index contributed by atoms with van der Waals surface area (Å²) in [7, 11) is 3.64. The number of rotatable bonds is 6. The summed E-state index contributed by atoms with van der Waals surface area (Å²) in [5.41, 5.74) is 2.42. The van der Waals surface area contributed by atoms with Crippen LogP contribution >= 0.6 is 23.4 Å². The van der Waals surface area contributed by atoms with Crippen LogP contribution in [0.4, 0.5) is 5.69 Å². The minimum atomic E-state index is -0.255. The Hall–Kier alpha value is -2.23. The number of nitrogens with one attached hydrogen (secondary N) is 1. The summed E-state index contributed by atoms with van der Waals surface area (Å²) >= 11 is 7.36. The average Bonchev–Trinajstić information content (AvgIpc) is 2.78. The largest absolute Gasteiger partial charge is 0.495 e. The van der Waals surface area contributed by atoms with Crippen molar-refractivity contribution in [2.24, 2.45) is 0 Å². The topological polar surface area (TPSA) is 79.7 Å². The second-order valence-electron chi connectivity index (χ2n) is 8.08. The maximum Gasteiger partial charge on any atom is 0.367 e. The highest BCUT2D eigenvalue weighted by Gasteiger charge is 2.25. The number of hydrogen-bond donors (Lipinski definition) is 1. The van der Waals surface area contributed by atoms with Crippen molar-refractivity contribution in [2.45, 2.75) is 30.7 Å². The van der Waals surface area contributed by atoms with E-state index in [9.17, 15) is 9.59 Å². The Kier molecular flexibility index (Phi) is 7.27. The Bertz CT molecular complexity index is 1050. The zero-order chi connectivity index (χ0) is 22.7. The van der Waals surface area contributed by atoms with Gasteiger partial charge in [0.05, 0.1) is 24.2 Å². The number of carbonyl (C=O) groups is 1. The fraction of sp³-hybridized carbons (Fsp3) is 0.500. The molecule has 1 N–H and O–H groups in total. The van der Waals surface area contributed by atoms with E-state index >= 15 is 0 Å². The molecule has 2 heterocycles. The van der Waals surface area contributed by atoms with Crippen molar-refractivity contribution in [1.82, 2.24) is 14.6 Å². The molecule has 1 fully saturated rings. The molecule has 10 heteroatoms. The third-order valence-corrected chi connectivity index (χ3v) is 7.12. The van der Waals surface area contributed by atoms with Crippen LogP contribution in [-0.2, 0) is 17.6 Å². The van der Waals surface area contributed by atoms with E-state index in [-0.39, 0.29) is 17.3 Å². The number of carbonyl (C=O) groups excluding carboxylic acids is 1. The quantitative estimate of drug-likeness (QED) is 0.505. The number of piperazine rings is 1. The van der Waals surface area contributed by atoms with Crippen LogP contribution in [-0.4, -0.2) is 66.6 Å². The van der Waals surface area contributed by atoms with Gasteiger partial charge in [0.15, 0.2) is 0 Å². The van der Waals surface area contributed by atoms with E-state index < -0.39 is 0 Å². The van der Waals surface area contributed by atoms with Gasteiger partial charge in [0.1, 0.15) is 10.8 Å². The van der Waals surface area contributed by atoms with Gasteiger partial charge in [-0.1, -0.05) is 23.4 Å². The molecule has 0 saturated carbocycles. The molecule has 1 aromatic heterocycles. The van der Waals surface area contributed by atoms with Crippen LogP contribution in [0.2, 0.25) is 5.02 Å². The van der Waals surface area contributed by atoms with Crippen molar-refractivity contribution in [2.75, 3.05) is 56.4 Å². The first kappa shape index (κ1) is 22.9. The maximum atomic E-state index is 13.0. The van der Waals surface area contributed by atoms with Crippen LogP contribution in [0.25, 0.3) is 0 Å². The van der Waals surface area contributed by atoms with Crippen molar-refractivity contribution >= 4 is 35.0 Å². The summed E-state index contributed by atoms with van der Waals surface area (Å²) in [4.78, 5) is 32.3. The first-order valence-electron chi connectivity index (χ1n) is 10.8. The van der Waals surface area contributed by atoms with Crippen LogP contribution in [0.15, 0.2) is 28.0 Å². The van der Waals surface area contributed by atoms with E-state index in [2.05, 4.69) is 27.3 Å². The normalized spacial score (nSPS) is 16.5. The van der Waals surface area contributed by atoms with Gasteiger partial charge in [0, 0.05) is 36.8 Å². The van der Waals surface area contributed by atoms with Crippen LogP contribution in [0.1, 0.15) is 24.1 Å². The van der Waals surface area contributed by atoms with Crippen molar-refractivity contribution in [1.29, 1.82) is 0 Å². The van der Waals surface area contributed by atoms with E-state index in [1.807, 2.05) is 0 Å². The summed E-state index contributed by atoms with van der Waals surface area (Å²) < 4.78 is 7.08. The highest BCUT2D eigenvalue weighted by molar-refractivity contribution is 8.00. The minimum Gasteiger partial charge on any atom is -0.495 e. The molecule has 1 amide bonds. The summed E-state index contributed by atoms with van der Waals surface area (Å²) in [5.74, 6) is 0.482. The monoisotopic (exact) mass is 477 g/mol. The number of likely N-dealkylation sites (N-methyl/N-ethyl adjacent to an activating group) is 1. The number of benzene rings is 1. The molecular formula is C22H28ClN5O3S. The average molecular weight is 478 g/mol. The Balaban J connectivity index is 1.52. The lowest BCUT2D eigenvalue weighted by atomic mass is 9.97. The Labute approximate surface area is 196 Å². The number of ether oxygens (including phenoxy) is 1. The number of fused-ring (bicyclic) bond motifs is 1. The molecule has 0 atom stereocenters. The summed E-state index contributed by atoms with van der Waals surface area (Å²) in [5, 5.41) is 6.14. The van der Waals surface area contributed by atoms with E-state index in [0.29, 0.717) is 21.5 Å². The fourth-order valence-electron chi connectivity index (χ4n) is 4.18. The zero-order valence-electron chi connectivity index (χ0n) is 18.4. The predicted octanol–water partition coefficient (Wildman–Crippen LogP) is 2.40. The van der Waals surface area contributed by atoms with Gasteiger partial charge >= 0.3 is 5.69 Å². The maximum absolute atomic E-state index is 13.0. The molecule has 1 aromatic carbocycles. The number of halogens is 1. The molecule has 8 nitrogen and oxygen atoms in total. The van der Waals surface area contributed by atoms with Crippen molar-refractivity contribution < 1.29 is 9.53 Å². The lowest BCUT2D eigenvalue weighted by Crippen LogP contribution is -2.54. The minimum absolute atomic E-state index is 0.146. The van der Waals surface area contributed by atoms with E-state index in [4.69, 9.17) is 16.3 Å². The van der Waals surface area contributed by atoms with Gasteiger partial charge in [-0.25, -0.2) is 9.47 Å². The highest BCUT2D eigenvalue weighted by atomic mass is 35.5. The molecule has 4 rings (SSSR count). The molecule has 2 aromatic rings. The second kappa shape index (κ2) is 10.1. The molecule has 1 aliphatic carbocycles. The van der Waals surface area contributed by atoms with Gasteiger partial charge in [-0.2, -0.15) is 4.98 Å². The van der Waals surface area contributed by atoms with Gasteiger partial charge < -0.3 is 20.0 Å². The molecule has 1 aliphatic heterocycles. The first-order chi connectivity index (χ1) is 15.5. The van der Waals surface area contributed by atoms with Crippen molar-refractivity contribution in [3.63, 3.8) is 0 Å². The van der Waals surface area contributed by atoms with Gasteiger partial charge in [0.25, 0.3) is 0 Å². The Morgan fingerprint density at radius 2 is 1.97 bits per heavy atom. The van der Waals surface area contributed by atoms with Gasteiger partial charge in [0.2, 0.25) is 5.91 Å². The van der Waals surface area contributed by atoms with Crippen molar-refractivity contribution in [3.8, 4) is 5.75 Å². The standard InChI is InChI=1S/C22H28ClN5O3S/c1-26-9-11-27(12-10-26)28-18-6-4-3-5-16(18)21(25-22(28)30)32-14-20(29)24-17-13-15(23)7-8-19(17)31-2/h7-8,13H,3-6,9-12,14H2,1-2H3,(H,24,29). The fourth-order valence-corrected chi connectivity index (χ4v) is 5.22. The predicted molar refractivity (Wildman–Crippen MR) is 128 cm³/mol. The molecular weight excluding hydrogens is 450 g/mol. The molecule has 32 heavy (non-hydrogen) atoms.